The number of nitrogens with zero attached hydrogens (tertiary/aromatic N) is 4. The van der Waals surface area contributed by atoms with Gasteiger partial charge in [-0.05, 0) is 25.4 Å². The predicted octanol–water partition coefficient (Wildman–Crippen LogP) is 0.921. The molecule has 0 spiro atoms. The maximum absolute atomic E-state index is 12.6. The van der Waals surface area contributed by atoms with E-state index in [4.69, 9.17) is 9.26 Å². The molecule has 7 nitrogen and oxygen atoms in total. The fourth-order valence-corrected chi connectivity index (χ4v) is 3.71. The second-order valence-corrected chi connectivity index (χ2v) is 7.53. The first-order valence-electron chi connectivity index (χ1n) is 8.65. The van der Waals surface area contributed by atoms with Gasteiger partial charge in [0.15, 0.2) is 11.5 Å². The Morgan fingerprint density at radius 3 is 2.79 bits per heavy atom. The normalized spacial score (nSPS) is 26.0. The monoisotopic (exact) mass is 336 g/mol. The molecule has 2 fully saturated rings. The first-order chi connectivity index (χ1) is 11.5. The Hall–Kier alpha value is -1.44. The summed E-state index contributed by atoms with van der Waals surface area (Å²) in [6, 6.07) is 1.78. The zero-order chi connectivity index (χ0) is 17.2. The topological polar surface area (TPSA) is 62.0 Å². The van der Waals surface area contributed by atoms with E-state index in [0.29, 0.717) is 12.2 Å². The van der Waals surface area contributed by atoms with Gasteiger partial charge in [0.05, 0.1) is 19.8 Å². The number of amides is 1. The molecule has 0 aromatic carbocycles. The quantitative estimate of drug-likeness (QED) is 0.797. The van der Waals surface area contributed by atoms with Crippen LogP contribution in [0.1, 0.15) is 29.6 Å². The van der Waals surface area contributed by atoms with Crippen LogP contribution in [0.5, 0.6) is 0 Å². The zero-order valence-electron chi connectivity index (χ0n) is 15.0. The lowest BCUT2D eigenvalue weighted by molar-refractivity contribution is 0.0305. The van der Waals surface area contributed by atoms with E-state index in [1.54, 1.807) is 11.0 Å². The lowest BCUT2D eigenvalue weighted by atomic mass is 9.89. The highest BCUT2D eigenvalue weighted by atomic mass is 16.5. The molecule has 1 atom stereocenters. The van der Waals surface area contributed by atoms with Crippen molar-refractivity contribution in [1.82, 2.24) is 19.9 Å². The molecular weight excluding hydrogens is 308 g/mol. The highest BCUT2D eigenvalue weighted by Crippen LogP contribution is 2.29. The first-order valence-corrected chi connectivity index (χ1v) is 8.65. The fourth-order valence-electron chi connectivity index (χ4n) is 3.71. The summed E-state index contributed by atoms with van der Waals surface area (Å²) in [4.78, 5) is 19.0. The summed E-state index contributed by atoms with van der Waals surface area (Å²) in [7, 11) is 3.98. The van der Waals surface area contributed by atoms with Crippen LogP contribution in [0.4, 0.5) is 0 Å². The van der Waals surface area contributed by atoms with Crippen LogP contribution in [0.25, 0.3) is 0 Å². The molecule has 24 heavy (non-hydrogen) atoms. The van der Waals surface area contributed by atoms with Crippen LogP contribution in [-0.2, 0) is 11.3 Å². The van der Waals surface area contributed by atoms with Crippen LogP contribution in [0.15, 0.2) is 10.6 Å². The lowest BCUT2D eigenvalue weighted by Gasteiger charge is -2.29. The van der Waals surface area contributed by atoms with E-state index in [2.05, 4.69) is 28.9 Å². The number of carbonyl (C=O) groups is 1. The molecule has 1 amide bonds. The Kier molecular flexibility index (Phi) is 5.22. The molecule has 134 valence electrons. The summed E-state index contributed by atoms with van der Waals surface area (Å²) in [5.41, 5.74) is 0.551. The highest BCUT2D eigenvalue weighted by molar-refractivity contribution is 5.92. The van der Waals surface area contributed by atoms with Crippen molar-refractivity contribution in [2.45, 2.75) is 19.9 Å². The van der Waals surface area contributed by atoms with Crippen molar-refractivity contribution >= 4 is 5.91 Å². The van der Waals surface area contributed by atoms with Gasteiger partial charge in [-0.15, -0.1) is 0 Å². The van der Waals surface area contributed by atoms with Gasteiger partial charge in [-0.1, -0.05) is 12.1 Å². The lowest BCUT2D eigenvalue weighted by Crippen LogP contribution is -2.38. The van der Waals surface area contributed by atoms with Crippen molar-refractivity contribution in [3.05, 3.63) is 17.5 Å². The minimum absolute atomic E-state index is 0.0669. The van der Waals surface area contributed by atoms with E-state index in [-0.39, 0.29) is 11.3 Å². The summed E-state index contributed by atoms with van der Waals surface area (Å²) >= 11 is 0. The Balaban J connectivity index is 1.56. The maximum Gasteiger partial charge on any atom is 0.275 e. The van der Waals surface area contributed by atoms with Gasteiger partial charge < -0.3 is 19.1 Å². The van der Waals surface area contributed by atoms with Crippen molar-refractivity contribution < 1.29 is 14.1 Å². The van der Waals surface area contributed by atoms with E-state index >= 15 is 0 Å². The largest absolute Gasteiger partial charge is 0.379 e. The van der Waals surface area contributed by atoms with Gasteiger partial charge in [-0.3, -0.25) is 9.69 Å². The minimum atomic E-state index is -0.0669. The van der Waals surface area contributed by atoms with Gasteiger partial charge in [-0.25, -0.2) is 0 Å². The Bertz CT molecular complexity index is 570. The second-order valence-electron chi connectivity index (χ2n) is 7.53. The maximum atomic E-state index is 12.6. The third-order valence-corrected chi connectivity index (χ3v) is 4.98. The number of hydrogen-bond donors (Lipinski definition) is 0. The summed E-state index contributed by atoms with van der Waals surface area (Å²) in [6.45, 7) is 9.03. The predicted molar refractivity (Wildman–Crippen MR) is 89.8 cm³/mol. The number of likely N-dealkylation sites (tertiary alicyclic amines) is 1. The molecule has 2 aliphatic heterocycles. The molecule has 0 radical (unpaired) electrons. The Morgan fingerprint density at radius 2 is 2.12 bits per heavy atom. The van der Waals surface area contributed by atoms with Gasteiger partial charge in [0.1, 0.15) is 0 Å². The van der Waals surface area contributed by atoms with Crippen molar-refractivity contribution in [1.29, 1.82) is 0 Å². The second kappa shape index (κ2) is 7.21. The SMILES string of the molecule is CN1CCC(C)(CN(C)C(=O)c2cc(CN3CCOCC3)on2)C1. The van der Waals surface area contributed by atoms with E-state index < -0.39 is 0 Å². The number of rotatable bonds is 5. The Labute approximate surface area is 143 Å². The molecule has 0 aliphatic carbocycles. The molecule has 7 heteroatoms. The van der Waals surface area contributed by atoms with E-state index in [1.807, 2.05) is 7.05 Å². The third kappa shape index (κ3) is 4.15. The van der Waals surface area contributed by atoms with Gasteiger partial charge in [0.25, 0.3) is 5.91 Å². The number of ether oxygens (including phenoxy) is 1. The third-order valence-electron chi connectivity index (χ3n) is 4.98. The summed E-state index contributed by atoms with van der Waals surface area (Å²) in [5, 5.41) is 3.98. The summed E-state index contributed by atoms with van der Waals surface area (Å²) in [6.07, 6.45) is 1.11. The molecule has 1 unspecified atom stereocenters. The van der Waals surface area contributed by atoms with Gasteiger partial charge >= 0.3 is 0 Å². The fraction of sp³-hybridized carbons (Fsp3) is 0.765. The van der Waals surface area contributed by atoms with Crippen molar-refractivity contribution in [3.63, 3.8) is 0 Å². The van der Waals surface area contributed by atoms with Crippen molar-refractivity contribution in [2.75, 3.05) is 60.0 Å². The molecule has 3 rings (SSSR count). The van der Waals surface area contributed by atoms with Crippen LogP contribution < -0.4 is 0 Å². The zero-order valence-corrected chi connectivity index (χ0v) is 15.0. The average molecular weight is 336 g/mol. The highest BCUT2D eigenvalue weighted by Gasteiger charge is 2.34. The molecule has 0 bridgehead atoms. The van der Waals surface area contributed by atoms with E-state index in [0.717, 1.165) is 58.1 Å². The van der Waals surface area contributed by atoms with Crippen LogP contribution >= 0.6 is 0 Å². The van der Waals surface area contributed by atoms with Crippen LogP contribution in [0.3, 0.4) is 0 Å². The van der Waals surface area contributed by atoms with Crippen LogP contribution in [-0.4, -0.2) is 85.8 Å². The van der Waals surface area contributed by atoms with Crippen LogP contribution in [0, 0.1) is 5.41 Å². The number of aromatic nitrogens is 1. The van der Waals surface area contributed by atoms with Crippen LogP contribution in [0.2, 0.25) is 0 Å². The molecule has 1 aromatic heterocycles. The molecular formula is C17H28N4O3. The van der Waals surface area contributed by atoms with Crippen molar-refractivity contribution in [2.24, 2.45) is 5.41 Å². The summed E-state index contributed by atoms with van der Waals surface area (Å²) < 4.78 is 10.7. The summed E-state index contributed by atoms with van der Waals surface area (Å²) in [5.74, 6) is 0.670. The molecule has 2 aliphatic rings. The van der Waals surface area contributed by atoms with Crippen molar-refractivity contribution in [3.8, 4) is 0 Å². The van der Waals surface area contributed by atoms with Gasteiger partial charge in [0, 0.05) is 39.3 Å². The molecule has 2 saturated heterocycles. The average Bonchev–Trinajstić information content (AvgIpc) is 3.14. The first kappa shape index (κ1) is 17.4. The van der Waals surface area contributed by atoms with E-state index in [9.17, 15) is 4.79 Å². The Morgan fingerprint density at radius 1 is 1.38 bits per heavy atom. The van der Waals surface area contributed by atoms with Gasteiger partial charge in [-0.2, -0.15) is 0 Å². The van der Waals surface area contributed by atoms with Gasteiger partial charge in [0.2, 0.25) is 0 Å². The molecule has 3 heterocycles. The minimum Gasteiger partial charge on any atom is -0.379 e. The number of hydrogen-bond acceptors (Lipinski definition) is 6. The molecule has 1 aromatic rings. The molecule has 0 saturated carbocycles. The standard InChI is InChI=1S/C17H28N4O3/c1-17(4-5-19(2)12-17)13-20(3)16(22)15-10-14(24-18-15)11-21-6-8-23-9-7-21/h10H,4-9,11-13H2,1-3H3. The molecule has 0 N–H and O–H groups in total. The number of morpholine rings is 1. The van der Waals surface area contributed by atoms with E-state index in [1.165, 1.54) is 0 Å². The smallest absolute Gasteiger partial charge is 0.275 e. The number of carbonyl (C=O) groups excluding carboxylic acids is 1.